The summed E-state index contributed by atoms with van der Waals surface area (Å²) in [7, 11) is 4.21. The predicted octanol–water partition coefficient (Wildman–Crippen LogP) is 4.16. The van der Waals surface area contributed by atoms with Crippen LogP contribution in [0.3, 0.4) is 0 Å². The maximum atomic E-state index is 3.31. The number of rotatable bonds is 6. The molecule has 0 aliphatic carbocycles. The van der Waals surface area contributed by atoms with Gasteiger partial charge in [0.25, 0.3) is 0 Å². The summed E-state index contributed by atoms with van der Waals surface area (Å²) in [5.74, 6) is 0. The molecule has 2 aromatic carbocycles. The second kappa shape index (κ2) is 10.6. The molecule has 122 valence electrons. The van der Waals surface area contributed by atoms with Crippen LogP contribution in [0.1, 0.15) is 24.1 Å². The Morgan fingerprint density at radius 2 is 1.27 bits per heavy atom. The van der Waals surface area contributed by atoms with Crippen LogP contribution in [0.5, 0.6) is 0 Å². The SMILES string of the molecule is CNC(C)CN(C)C(c1ccccc1)c1ccccc1.Cl.Cl. The topological polar surface area (TPSA) is 15.3 Å². The Labute approximate surface area is 146 Å². The first-order valence-corrected chi connectivity index (χ1v) is 7.19. The van der Waals surface area contributed by atoms with Gasteiger partial charge in [0.1, 0.15) is 0 Å². The zero-order valence-corrected chi connectivity index (χ0v) is 15.0. The van der Waals surface area contributed by atoms with Crippen molar-refractivity contribution in [1.82, 2.24) is 10.2 Å². The van der Waals surface area contributed by atoms with Crippen molar-refractivity contribution in [3.8, 4) is 0 Å². The molecule has 0 heterocycles. The largest absolute Gasteiger partial charge is 0.316 e. The minimum atomic E-state index is 0. The quantitative estimate of drug-likeness (QED) is 0.849. The molecule has 2 rings (SSSR count). The number of nitrogens with zero attached hydrogens (tertiary/aromatic N) is 1. The van der Waals surface area contributed by atoms with Gasteiger partial charge in [0.05, 0.1) is 6.04 Å². The third kappa shape index (κ3) is 5.62. The van der Waals surface area contributed by atoms with Gasteiger partial charge in [0.2, 0.25) is 0 Å². The average molecular weight is 341 g/mol. The Morgan fingerprint density at radius 1 is 0.864 bits per heavy atom. The second-order valence-corrected chi connectivity index (χ2v) is 5.35. The number of hydrogen-bond acceptors (Lipinski definition) is 2. The van der Waals surface area contributed by atoms with Gasteiger partial charge in [-0.1, -0.05) is 60.7 Å². The molecule has 1 unspecified atom stereocenters. The molecular weight excluding hydrogens is 315 g/mol. The van der Waals surface area contributed by atoms with Gasteiger partial charge in [-0.05, 0) is 32.1 Å². The fraction of sp³-hybridized carbons (Fsp3) is 0.333. The van der Waals surface area contributed by atoms with Crippen LogP contribution in [0.4, 0.5) is 0 Å². The summed E-state index contributed by atoms with van der Waals surface area (Å²) in [6.07, 6.45) is 0. The summed E-state index contributed by atoms with van der Waals surface area (Å²) < 4.78 is 0. The van der Waals surface area contributed by atoms with Crippen LogP contribution in [-0.4, -0.2) is 31.6 Å². The molecule has 2 nitrogen and oxygen atoms in total. The van der Waals surface area contributed by atoms with E-state index in [0.717, 1.165) is 6.54 Å². The third-order valence-corrected chi connectivity index (χ3v) is 3.73. The summed E-state index contributed by atoms with van der Waals surface area (Å²) in [6.45, 7) is 3.22. The molecule has 2 aromatic rings. The van der Waals surface area contributed by atoms with E-state index in [9.17, 15) is 0 Å². The Bertz CT molecular complexity index is 466. The molecule has 0 saturated heterocycles. The van der Waals surface area contributed by atoms with Gasteiger partial charge >= 0.3 is 0 Å². The average Bonchev–Trinajstić information content (AvgIpc) is 2.49. The molecule has 0 aliphatic heterocycles. The van der Waals surface area contributed by atoms with Crippen LogP contribution in [0.25, 0.3) is 0 Å². The number of halogens is 2. The Morgan fingerprint density at radius 3 is 1.64 bits per heavy atom. The lowest BCUT2D eigenvalue weighted by molar-refractivity contribution is 0.255. The van der Waals surface area contributed by atoms with E-state index in [1.807, 2.05) is 7.05 Å². The molecule has 0 amide bonds. The summed E-state index contributed by atoms with van der Waals surface area (Å²) in [6, 6.07) is 22.2. The lowest BCUT2D eigenvalue weighted by Gasteiger charge is -2.31. The molecule has 0 radical (unpaired) electrons. The lowest BCUT2D eigenvalue weighted by Crippen LogP contribution is -2.37. The Hall–Kier alpha value is -1.06. The van der Waals surface area contributed by atoms with Crippen molar-refractivity contribution in [2.24, 2.45) is 0 Å². The number of likely N-dealkylation sites (N-methyl/N-ethyl adjacent to an activating group) is 2. The molecule has 22 heavy (non-hydrogen) atoms. The highest BCUT2D eigenvalue weighted by atomic mass is 35.5. The highest BCUT2D eigenvalue weighted by Crippen LogP contribution is 2.27. The van der Waals surface area contributed by atoms with Gasteiger partial charge in [0, 0.05) is 12.6 Å². The first-order chi connectivity index (χ1) is 9.72. The molecule has 4 heteroatoms. The molecule has 0 aromatic heterocycles. The van der Waals surface area contributed by atoms with Crippen molar-refractivity contribution in [3.63, 3.8) is 0 Å². The van der Waals surface area contributed by atoms with E-state index < -0.39 is 0 Å². The highest BCUT2D eigenvalue weighted by molar-refractivity contribution is 5.85. The number of hydrogen-bond donors (Lipinski definition) is 1. The molecule has 0 bridgehead atoms. The summed E-state index contributed by atoms with van der Waals surface area (Å²) in [5.41, 5.74) is 2.68. The van der Waals surface area contributed by atoms with Gasteiger partial charge < -0.3 is 5.32 Å². The molecule has 0 fully saturated rings. The maximum absolute atomic E-state index is 3.31. The van der Waals surface area contributed by atoms with Crippen molar-refractivity contribution in [2.75, 3.05) is 20.6 Å². The van der Waals surface area contributed by atoms with Crippen molar-refractivity contribution in [1.29, 1.82) is 0 Å². The maximum Gasteiger partial charge on any atom is 0.0599 e. The normalized spacial score (nSPS) is 11.7. The highest BCUT2D eigenvalue weighted by Gasteiger charge is 2.19. The van der Waals surface area contributed by atoms with Crippen molar-refractivity contribution in [2.45, 2.75) is 19.0 Å². The second-order valence-electron chi connectivity index (χ2n) is 5.35. The van der Waals surface area contributed by atoms with Crippen LogP contribution >= 0.6 is 24.8 Å². The van der Waals surface area contributed by atoms with E-state index in [0.29, 0.717) is 12.1 Å². The fourth-order valence-electron chi connectivity index (χ4n) is 2.60. The van der Waals surface area contributed by atoms with Crippen LogP contribution in [-0.2, 0) is 0 Å². The number of benzene rings is 2. The zero-order valence-electron chi connectivity index (χ0n) is 13.4. The van der Waals surface area contributed by atoms with Gasteiger partial charge in [0.15, 0.2) is 0 Å². The van der Waals surface area contributed by atoms with Gasteiger partial charge in [-0.2, -0.15) is 0 Å². The molecule has 0 aliphatic rings. The standard InChI is InChI=1S/C18H24N2.2ClH/c1-15(19-2)14-20(3)18(16-10-6-4-7-11-16)17-12-8-5-9-13-17;;/h4-13,15,18-19H,14H2,1-3H3;2*1H. The van der Waals surface area contributed by atoms with E-state index in [4.69, 9.17) is 0 Å². The van der Waals surface area contributed by atoms with Crippen LogP contribution in [0.15, 0.2) is 60.7 Å². The molecule has 1 atom stereocenters. The fourth-order valence-corrected chi connectivity index (χ4v) is 2.60. The lowest BCUT2D eigenvalue weighted by atomic mass is 9.97. The van der Waals surface area contributed by atoms with Crippen molar-refractivity contribution >= 4 is 24.8 Å². The van der Waals surface area contributed by atoms with Crippen LogP contribution in [0, 0.1) is 0 Å². The minimum Gasteiger partial charge on any atom is -0.316 e. The first kappa shape index (κ1) is 20.9. The third-order valence-electron chi connectivity index (χ3n) is 3.73. The van der Waals surface area contributed by atoms with Gasteiger partial charge in [-0.3, -0.25) is 4.90 Å². The molecule has 0 saturated carbocycles. The molecule has 0 spiro atoms. The van der Waals surface area contributed by atoms with E-state index >= 15 is 0 Å². The molecular formula is C18H26Cl2N2. The Kier molecular flexibility index (Phi) is 10.1. The van der Waals surface area contributed by atoms with E-state index in [2.05, 4.69) is 84.9 Å². The van der Waals surface area contributed by atoms with Crippen molar-refractivity contribution in [3.05, 3.63) is 71.8 Å². The Balaban J connectivity index is 0.00000220. The monoisotopic (exact) mass is 340 g/mol. The summed E-state index contributed by atoms with van der Waals surface area (Å²) in [5, 5.41) is 3.31. The number of nitrogens with one attached hydrogen (secondary N) is 1. The predicted molar refractivity (Wildman–Crippen MR) is 100 cm³/mol. The smallest absolute Gasteiger partial charge is 0.0599 e. The van der Waals surface area contributed by atoms with Crippen LogP contribution < -0.4 is 5.32 Å². The van der Waals surface area contributed by atoms with Gasteiger partial charge in [-0.25, -0.2) is 0 Å². The minimum absolute atomic E-state index is 0. The summed E-state index contributed by atoms with van der Waals surface area (Å²) in [4.78, 5) is 2.41. The van der Waals surface area contributed by atoms with Crippen LogP contribution in [0.2, 0.25) is 0 Å². The summed E-state index contributed by atoms with van der Waals surface area (Å²) >= 11 is 0. The van der Waals surface area contributed by atoms with Crippen molar-refractivity contribution < 1.29 is 0 Å². The molecule has 1 N–H and O–H groups in total. The zero-order chi connectivity index (χ0) is 14.4. The van der Waals surface area contributed by atoms with Gasteiger partial charge in [-0.15, -0.1) is 24.8 Å². The van der Waals surface area contributed by atoms with E-state index in [-0.39, 0.29) is 24.8 Å². The van der Waals surface area contributed by atoms with E-state index in [1.165, 1.54) is 11.1 Å². The first-order valence-electron chi connectivity index (χ1n) is 7.19. The van der Waals surface area contributed by atoms with E-state index in [1.54, 1.807) is 0 Å².